The molecule has 4 aromatic carbocycles. The Labute approximate surface area is 278 Å². The summed E-state index contributed by atoms with van der Waals surface area (Å²) in [4.78, 5) is 30.0. The van der Waals surface area contributed by atoms with E-state index in [1.165, 1.54) is 4.90 Å². The Balaban J connectivity index is 1.82. The summed E-state index contributed by atoms with van der Waals surface area (Å²) in [5.74, 6) is -0.619. The lowest BCUT2D eigenvalue weighted by Gasteiger charge is -2.34. The molecule has 1 atom stereocenters. The Kier molecular flexibility index (Phi) is 11.7. The van der Waals surface area contributed by atoms with Gasteiger partial charge in [-0.15, -0.1) is 0 Å². The minimum atomic E-state index is -4.17. The molecule has 0 bridgehead atoms. The first-order chi connectivity index (χ1) is 21.8. The molecule has 0 saturated carbocycles. The van der Waals surface area contributed by atoms with E-state index in [1.54, 1.807) is 60.7 Å². The second-order valence-electron chi connectivity index (χ2n) is 12.2. The third kappa shape index (κ3) is 9.21. The SMILES string of the molecule is Cc1ccc(S(=O)(=O)N(CC(=O)N(Cc2ccc(Cl)cc2)[C@H](Cc2ccccc2)C(=O)NCC(C)C)c2cc(C)cc(C)c2)cc1. The van der Waals surface area contributed by atoms with Gasteiger partial charge in [-0.05, 0) is 85.3 Å². The topological polar surface area (TPSA) is 86.8 Å². The van der Waals surface area contributed by atoms with E-state index in [1.807, 2.05) is 71.0 Å². The molecule has 0 aliphatic carbocycles. The highest BCUT2D eigenvalue weighted by molar-refractivity contribution is 7.92. The Hall–Kier alpha value is -4.14. The molecule has 7 nitrogen and oxygen atoms in total. The number of amides is 2. The fourth-order valence-corrected chi connectivity index (χ4v) is 6.75. The number of sulfonamides is 1. The van der Waals surface area contributed by atoms with Crippen molar-refractivity contribution in [1.82, 2.24) is 10.2 Å². The van der Waals surface area contributed by atoms with Gasteiger partial charge in [0.25, 0.3) is 10.0 Å². The number of hydrogen-bond donors (Lipinski definition) is 1. The zero-order valence-electron chi connectivity index (χ0n) is 27.0. The van der Waals surface area contributed by atoms with Gasteiger partial charge in [-0.1, -0.05) is 91.7 Å². The van der Waals surface area contributed by atoms with Crippen LogP contribution in [-0.2, 0) is 32.6 Å². The summed E-state index contributed by atoms with van der Waals surface area (Å²) in [7, 11) is -4.17. The minimum Gasteiger partial charge on any atom is -0.354 e. The molecule has 0 unspecified atom stereocenters. The van der Waals surface area contributed by atoms with E-state index in [-0.39, 0.29) is 29.7 Å². The van der Waals surface area contributed by atoms with E-state index in [4.69, 9.17) is 11.6 Å². The second kappa shape index (κ2) is 15.4. The Morgan fingerprint density at radius 2 is 1.39 bits per heavy atom. The van der Waals surface area contributed by atoms with Crippen LogP contribution in [0.3, 0.4) is 0 Å². The van der Waals surface area contributed by atoms with Crippen LogP contribution in [0.1, 0.15) is 41.7 Å². The maximum Gasteiger partial charge on any atom is 0.264 e. The lowest BCUT2D eigenvalue weighted by atomic mass is 10.0. The van der Waals surface area contributed by atoms with Crippen LogP contribution in [0, 0.1) is 26.7 Å². The number of carbonyl (C=O) groups excluding carboxylic acids is 2. The monoisotopic (exact) mass is 659 g/mol. The van der Waals surface area contributed by atoms with Crippen LogP contribution in [-0.4, -0.2) is 44.3 Å². The second-order valence-corrected chi connectivity index (χ2v) is 14.5. The van der Waals surface area contributed by atoms with Crippen molar-refractivity contribution in [2.75, 3.05) is 17.4 Å². The Morgan fingerprint density at radius 1 is 0.783 bits per heavy atom. The predicted molar refractivity (Wildman–Crippen MR) is 185 cm³/mol. The summed E-state index contributed by atoms with van der Waals surface area (Å²) in [6, 6.07) is 27.7. The van der Waals surface area contributed by atoms with Gasteiger partial charge in [0.1, 0.15) is 12.6 Å². The summed E-state index contributed by atoms with van der Waals surface area (Å²) >= 11 is 6.16. The van der Waals surface area contributed by atoms with Crippen LogP contribution < -0.4 is 9.62 Å². The maximum atomic E-state index is 14.6. The number of carbonyl (C=O) groups is 2. The number of aryl methyl sites for hydroxylation is 3. The highest BCUT2D eigenvalue weighted by atomic mass is 35.5. The van der Waals surface area contributed by atoms with E-state index in [9.17, 15) is 18.0 Å². The van der Waals surface area contributed by atoms with E-state index < -0.39 is 28.5 Å². The quantitative estimate of drug-likeness (QED) is 0.170. The highest BCUT2D eigenvalue weighted by Gasteiger charge is 2.34. The lowest BCUT2D eigenvalue weighted by Crippen LogP contribution is -2.53. The summed E-state index contributed by atoms with van der Waals surface area (Å²) in [6.07, 6.45) is 0.248. The summed E-state index contributed by atoms with van der Waals surface area (Å²) in [5, 5.41) is 3.55. The largest absolute Gasteiger partial charge is 0.354 e. The predicted octanol–water partition coefficient (Wildman–Crippen LogP) is 6.87. The summed E-state index contributed by atoms with van der Waals surface area (Å²) in [5.41, 5.74) is 4.64. The van der Waals surface area contributed by atoms with Crippen molar-refractivity contribution in [3.8, 4) is 0 Å². The first kappa shape index (κ1) is 34.7. The molecule has 1 N–H and O–H groups in total. The third-order valence-electron chi connectivity index (χ3n) is 7.60. The van der Waals surface area contributed by atoms with Gasteiger partial charge in [-0.25, -0.2) is 8.42 Å². The number of rotatable bonds is 13. The van der Waals surface area contributed by atoms with Crippen LogP contribution in [0.5, 0.6) is 0 Å². The Bertz CT molecular complexity index is 1720. The molecule has 0 aliphatic rings. The van der Waals surface area contributed by atoms with Gasteiger partial charge in [0.05, 0.1) is 10.6 Å². The molecule has 4 rings (SSSR count). The lowest BCUT2D eigenvalue weighted by molar-refractivity contribution is -0.140. The highest BCUT2D eigenvalue weighted by Crippen LogP contribution is 2.27. The number of halogens is 1. The smallest absolute Gasteiger partial charge is 0.264 e. The first-order valence-corrected chi connectivity index (χ1v) is 17.2. The average Bonchev–Trinajstić information content (AvgIpc) is 3.01. The molecule has 9 heteroatoms. The molecular formula is C37H42ClN3O4S. The molecular weight excluding hydrogens is 618 g/mol. The van der Waals surface area contributed by atoms with Gasteiger partial charge in [0.2, 0.25) is 11.8 Å². The van der Waals surface area contributed by atoms with Gasteiger partial charge < -0.3 is 10.2 Å². The zero-order chi connectivity index (χ0) is 33.4. The van der Waals surface area contributed by atoms with Crippen LogP contribution >= 0.6 is 11.6 Å². The number of nitrogens with one attached hydrogen (secondary N) is 1. The molecule has 0 fully saturated rings. The van der Waals surface area contributed by atoms with Gasteiger partial charge >= 0.3 is 0 Å². The number of hydrogen-bond acceptors (Lipinski definition) is 4. The van der Waals surface area contributed by atoms with Crippen molar-refractivity contribution in [2.24, 2.45) is 5.92 Å². The molecule has 242 valence electrons. The van der Waals surface area contributed by atoms with Crippen molar-refractivity contribution >= 4 is 39.1 Å². The number of anilines is 1. The third-order valence-corrected chi connectivity index (χ3v) is 9.64. The van der Waals surface area contributed by atoms with Crippen molar-refractivity contribution in [1.29, 1.82) is 0 Å². The van der Waals surface area contributed by atoms with Gasteiger partial charge in [0, 0.05) is 24.5 Å². The fourth-order valence-electron chi connectivity index (χ4n) is 5.22. The van der Waals surface area contributed by atoms with Crippen LogP contribution in [0.15, 0.2) is 102 Å². The molecule has 2 amide bonds. The van der Waals surface area contributed by atoms with Crippen molar-refractivity contribution in [3.63, 3.8) is 0 Å². The molecule has 0 aliphatic heterocycles. The van der Waals surface area contributed by atoms with Gasteiger partial charge in [-0.2, -0.15) is 0 Å². The molecule has 0 spiro atoms. The summed E-state index contributed by atoms with van der Waals surface area (Å²) in [6.45, 7) is 9.66. The normalized spacial score (nSPS) is 12.1. The van der Waals surface area contributed by atoms with E-state index in [2.05, 4.69) is 5.32 Å². The average molecular weight is 660 g/mol. The standard InChI is InChI=1S/C37H42ClN3O4S/c1-26(2)23-39-37(43)35(22-30-9-7-6-8-10-30)40(24-31-13-15-32(38)16-14-31)36(42)25-41(33-20-28(4)19-29(5)21-33)46(44,45)34-17-11-27(3)12-18-34/h6-21,26,35H,22-25H2,1-5H3,(H,39,43)/t35-/m1/s1. The zero-order valence-corrected chi connectivity index (χ0v) is 28.6. The molecule has 0 saturated heterocycles. The van der Waals surface area contributed by atoms with Crippen molar-refractivity contribution in [2.45, 2.75) is 58.5 Å². The van der Waals surface area contributed by atoms with Crippen molar-refractivity contribution < 1.29 is 18.0 Å². The minimum absolute atomic E-state index is 0.0739. The van der Waals surface area contributed by atoms with E-state index in [0.29, 0.717) is 17.3 Å². The van der Waals surface area contributed by atoms with Crippen molar-refractivity contribution in [3.05, 3.63) is 130 Å². The molecule has 46 heavy (non-hydrogen) atoms. The van der Waals surface area contributed by atoms with Crippen LogP contribution in [0.2, 0.25) is 5.02 Å². The first-order valence-electron chi connectivity index (χ1n) is 15.4. The summed E-state index contributed by atoms with van der Waals surface area (Å²) < 4.78 is 29.7. The molecule has 0 radical (unpaired) electrons. The molecule has 0 aromatic heterocycles. The van der Waals surface area contributed by atoms with E-state index >= 15 is 0 Å². The van der Waals surface area contributed by atoms with E-state index in [0.717, 1.165) is 32.1 Å². The molecule has 0 heterocycles. The number of nitrogens with zero attached hydrogens (tertiary/aromatic N) is 2. The maximum absolute atomic E-state index is 14.6. The van der Waals surface area contributed by atoms with Gasteiger partial charge in [0.15, 0.2) is 0 Å². The fraction of sp³-hybridized carbons (Fsp3) is 0.297. The van der Waals surface area contributed by atoms with Crippen LogP contribution in [0.4, 0.5) is 5.69 Å². The number of benzene rings is 4. The van der Waals surface area contributed by atoms with Gasteiger partial charge in [-0.3, -0.25) is 13.9 Å². The molecule has 4 aromatic rings. The Morgan fingerprint density at radius 3 is 1.98 bits per heavy atom. The van der Waals surface area contributed by atoms with Crippen LogP contribution in [0.25, 0.3) is 0 Å².